The van der Waals surface area contributed by atoms with Crippen LogP contribution in [0.15, 0.2) is 32.0 Å². The van der Waals surface area contributed by atoms with Crippen molar-refractivity contribution in [2.75, 3.05) is 5.32 Å². The minimum absolute atomic E-state index is 0.476. The number of halogens is 3. The summed E-state index contributed by atoms with van der Waals surface area (Å²) >= 11 is 14.3. The highest BCUT2D eigenvalue weighted by Gasteiger charge is 2.01. The number of nitrogens with zero attached hydrogens (tertiary/aromatic N) is 1. The summed E-state index contributed by atoms with van der Waals surface area (Å²) in [7, 11) is 0. The first kappa shape index (κ1) is 12.4. The monoisotopic (exact) mass is 380 g/mol. The van der Waals surface area contributed by atoms with Gasteiger partial charge < -0.3 is 5.32 Å². The molecule has 0 saturated carbocycles. The van der Waals surface area contributed by atoms with Crippen molar-refractivity contribution in [3.8, 4) is 0 Å². The van der Waals surface area contributed by atoms with E-state index in [-0.39, 0.29) is 0 Å². The number of anilines is 1. The van der Waals surface area contributed by atoms with Gasteiger partial charge in [0, 0.05) is 6.54 Å². The lowest BCUT2D eigenvalue weighted by Crippen LogP contribution is -1.98. The van der Waals surface area contributed by atoms with Gasteiger partial charge >= 0.3 is 0 Å². The Hall–Kier alpha value is -0.100. The van der Waals surface area contributed by atoms with Gasteiger partial charge in [0.25, 0.3) is 0 Å². The molecule has 0 atom stereocenters. The van der Waals surface area contributed by atoms with Crippen molar-refractivity contribution in [3.63, 3.8) is 0 Å². The zero-order chi connectivity index (χ0) is 11.5. The average Bonchev–Trinajstić information content (AvgIpc) is 2.66. The number of nitrogens with one attached hydrogen (secondary N) is 1. The standard InChI is InChI=1S/C10H7Br2ClN2S/c11-8-2-7(4-15-10(8)13)14-3-6-1-9(12)16-5-6/h1-2,4-5,14H,3H2. The molecule has 2 nitrogen and oxygen atoms in total. The molecule has 2 aromatic heterocycles. The number of hydrogen-bond acceptors (Lipinski definition) is 3. The van der Waals surface area contributed by atoms with Gasteiger partial charge in [-0.05, 0) is 54.9 Å². The van der Waals surface area contributed by atoms with E-state index in [2.05, 4.69) is 53.6 Å². The summed E-state index contributed by atoms with van der Waals surface area (Å²) in [5.41, 5.74) is 2.18. The van der Waals surface area contributed by atoms with E-state index in [9.17, 15) is 0 Å². The summed E-state index contributed by atoms with van der Waals surface area (Å²) in [6.45, 7) is 0.776. The molecule has 0 aliphatic heterocycles. The second-order valence-corrected chi connectivity index (χ2v) is 6.61. The molecule has 0 fully saturated rings. The Kier molecular flexibility index (Phi) is 4.24. The van der Waals surface area contributed by atoms with E-state index in [1.54, 1.807) is 17.5 Å². The maximum absolute atomic E-state index is 5.81. The van der Waals surface area contributed by atoms with Crippen molar-refractivity contribution in [2.45, 2.75) is 6.54 Å². The molecule has 0 aliphatic carbocycles. The zero-order valence-electron chi connectivity index (χ0n) is 8.01. The van der Waals surface area contributed by atoms with Crippen molar-refractivity contribution in [1.29, 1.82) is 0 Å². The van der Waals surface area contributed by atoms with Crippen LogP contribution in [0.1, 0.15) is 5.56 Å². The molecule has 2 rings (SSSR count). The van der Waals surface area contributed by atoms with Crippen molar-refractivity contribution in [2.24, 2.45) is 0 Å². The van der Waals surface area contributed by atoms with Crippen LogP contribution in [0.5, 0.6) is 0 Å². The Morgan fingerprint density at radius 2 is 2.19 bits per heavy atom. The number of hydrogen-bond donors (Lipinski definition) is 1. The fraction of sp³-hybridized carbons (Fsp3) is 0.100. The van der Waals surface area contributed by atoms with Crippen molar-refractivity contribution >= 4 is 60.5 Å². The van der Waals surface area contributed by atoms with Gasteiger partial charge in [-0.3, -0.25) is 0 Å². The number of aromatic nitrogens is 1. The first-order valence-corrected chi connectivity index (χ1v) is 7.27. The molecule has 0 aliphatic rings. The van der Waals surface area contributed by atoms with Gasteiger partial charge in [-0.15, -0.1) is 11.3 Å². The fourth-order valence-corrected chi connectivity index (χ4v) is 2.82. The molecule has 16 heavy (non-hydrogen) atoms. The topological polar surface area (TPSA) is 24.9 Å². The molecule has 0 unspecified atom stereocenters. The second-order valence-electron chi connectivity index (χ2n) is 3.11. The minimum atomic E-state index is 0.476. The lowest BCUT2D eigenvalue weighted by atomic mass is 10.3. The predicted octanol–water partition coefficient (Wildman–Crippen LogP) is 4.93. The summed E-state index contributed by atoms with van der Waals surface area (Å²) in [5, 5.41) is 5.86. The summed E-state index contributed by atoms with van der Waals surface area (Å²) in [5.74, 6) is 0. The molecule has 0 saturated heterocycles. The smallest absolute Gasteiger partial charge is 0.143 e. The lowest BCUT2D eigenvalue weighted by molar-refractivity contribution is 1.15. The third-order valence-electron chi connectivity index (χ3n) is 1.91. The SMILES string of the molecule is Clc1ncc(NCc2csc(Br)c2)cc1Br. The van der Waals surface area contributed by atoms with Gasteiger partial charge in [0.2, 0.25) is 0 Å². The molecule has 1 N–H and O–H groups in total. The molecule has 0 aromatic carbocycles. The van der Waals surface area contributed by atoms with E-state index < -0.39 is 0 Å². The molecule has 0 amide bonds. The largest absolute Gasteiger partial charge is 0.380 e. The van der Waals surface area contributed by atoms with Crippen LogP contribution in [0.25, 0.3) is 0 Å². The first-order chi connectivity index (χ1) is 7.65. The highest BCUT2D eigenvalue weighted by molar-refractivity contribution is 9.11. The van der Waals surface area contributed by atoms with Crippen LogP contribution in [-0.4, -0.2) is 4.98 Å². The van der Waals surface area contributed by atoms with Crippen LogP contribution in [0.3, 0.4) is 0 Å². The normalized spacial score (nSPS) is 10.4. The van der Waals surface area contributed by atoms with E-state index in [0.717, 1.165) is 20.5 Å². The van der Waals surface area contributed by atoms with E-state index in [1.165, 1.54) is 5.56 Å². The molecular formula is C10H7Br2ClN2S. The molecule has 0 spiro atoms. The Morgan fingerprint density at radius 1 is 1.38 bits per heavy atom. The third kappa shape index (κ3) is 3.20. The van der Waals surface area contributed by atoms with Gasteiger partial charge in [-0.1, -0.05) is 11.6 Å². The highest BCUT2D eigenvalue weighted by atomic mass is 79.9. The molecule has 2 heterocycles. The van der Waals surface area contributed by atoms with Crippen molar-refractivity contribution < 1.29 is 0 Å². The maximum atomic E-state index is 5.81. The Morgan fingerprint density at radius 3 is 2.81 bits per heavy atom. The van der Waals surface area contributed by atoms with E-state index in [1.807, 2.05) is 6.07 Å². The molecule has 2 aromatic rings. The van der Waals surface area contributed by atoms with Gasteiger partial charge in [0.05, 0.1) is 20.1 Å². The van der Waals surface area contributed by atoms with Gasteiger partial charge in [0.15, 0.2) is 0 Å². The molecular weight excluding hydrogens is 375 g/mol. The number of thiophene rings is 1. The third-order valence-corrected chi connectivity index (χ3v) is 4.60. The summed E-state index contributed by atoms with van der Waals surface area (Å²) < 4.78 is 1.94. The van der Waals surface area contributed by atoms with Gasteiger partial charge in [-0.2, -0.15) is 0 Å². The van der Waals surface area contributed by atoms with Crippen LogP contribution in [0, 0.1) is 0 Å². The number of rotatable bonds is 3. The Bertz CT molecular complexity index is 501. The zero-order valence-corrected chi connectivity index (χ0v) is 12.8. The summed E-state index contributed by atoms with van der Waals surface area (Å²) in [6.07, 6.45) is 1.72. The first-order valence-electron chi connectivity index (χ1n) is 4.43. The van der Waals surface area contributed by atoms with Crippen molar-refractivity contribution in [3.05, 3.63) is 42.7 Å². The Balaban J connectivity index is 2.02. The summed E-state index contributed by atoms with van der Waals surface area (Å²) in [6, 6.07) is 4.01. The van der Waals surface area contributed by atoms with Crippen LogP contribution in [-0.2, 0) is 6.54 Å². The maximum Gasteiger partial charge on any atom is 0.143 e. The predicted molar refractivity (Wildman–Crippen MR) is 76.3 cm³/mol. The highest BCUT2D eigenvalue weighted by Crippen LogP contribution is 2.24. The molecule has 0 bridgehead atoms. The second kappa shape index (κ2) is 5.49. The average molecular weight is 383 g/mol. The van der Waals surface area contributed by atoms with Crippen LogP contribution in [0.2, 0.25) is 5.15 Å². The molecule has 0 radical (unpaired) electrons. The lowest BCUT2D eigenvalue weighted by Gasteiger charge is -2.05. The van der Waals surface area contributed by atoms with E-state index >= 15 is 0 Å². The quantitative estimate of drug-likeness (QED) is 0.761. The Labute approximate surface area is 119 Å². The van der Waals surface area contributed by atoms with Crippen molar-refractivity contribution in [1.82, 2.24) is 4.98 Å². The minimum Gasteiger partial charge on any atom is -0.380 e. The fourth-order valence-electron chi connectivity index (χ4n) is 1.16. The van der Waals surface area contributed by atoms with E-state index in [4.69, 9.17) is 11.6 Å². The summed E-state index contributed by atoms with van der Waals surface area (Å²) in [4.78, 5) is 4.05. The van der Waals surface area contributed by atoms with E-state index in [0.29, 0.717) is 5.15 Å². The van der Waals surface area contributed by atoms with Crippen LogP contribution < -0.4 is 5.32 Å². The molecule has 84 valence electrons. The van der Waals surface area contributed by atoms with Crippen LogP contribution in [0.4, 0.5) is 5.69 Å². The van der Waals surface area contributed by atoms with Gasteiger partial charge in [0.1, 0.15) is 5.15 Å². The van der Waals surface area contributed by atoms with Crippen LogP contribution >= 0.6 is 54.8 Å². The number of pyridine rings is 1. The molecule has 6 heteroatoms. The van der Waals surface area contributed by atoms with Gasteiger partial charge in [-0.25, -0.2) is 4.98 Å².